The van der Waals surface area contributed by atoms with Crippen molar-refractivity contribution >= 4 is 33.7 Å². The van der Waals surface area contributed by atoms with E-state index in [0.29, 0.717) is 12.4 Å². The van der Waals surface area contributed by atoms with Crippen LogP contribution in [0.4, 0.5) is 0 Å². The maximum atomic E-state index is 10.7. The summed E-state index contributed by atoms with van der Waals surface area (Å²) in [7, 11) is 0. The van der Waals surface area contributed by atoms with Gasteiger partial charge in [0.05, 0.1) is 12.2 Å². The second-order valence-corrected chi connectivity index (χ2v) is 6.06. The molecule has 2 aromatic carbocycles. The molecule has 0 amide bonds. The third kappa shape index (κ3) is 4.58. The molecule has 0 aromatic heterocycles. The molecule has 5 heteroatoms. The Hall–Kier alpha value is -1.46. The van der Waals surface area contributed by atoms with Crippen molar-refractivity contribution in [2.24, 2.45) is 0 Å². The van der Waals surface area contributed by atoms with Gasteiger partial charge in [-0.3, -0.25) is 0 Å². The highest BCUT2D eigenvalue weighted by molar-refractivity contribution is 9.10. The normalized spacial score (nSPS) is 10.2. The molecule has 0 spiro atoms. The van der Waals surface area contributed by atoms with Crippen LogP contribution in [0.3, 0.4) is 0 Å². The standard InChI is InChI=1S/C15H13BrO3S/c16-12-3-7-14(8-4-12)20-10-9-19-13-5-1-11(2-6-13)15(17)18/h1-8H,9-10H2,(H,17,18). The zero-order valence-corrected chi connectivity index (χ0v) is 13.0. The van der Waals surface area contributed by atoms with E-state index in [9.17, 15) is 4.79 Å². The third-order valence-corrected chi connectivity index (χ3v) is 4.04. The maximum absolute atomic E-state index is 10.7. The molecule has 0 saturated carbocycles. The number of hydrogen-bond donors (Lipinski definition) is 1. The zero-order valence-electron chi connectivity index (χ0n) is 10.6. The molecule has 20 heavy (non-hydrogen) atoms. The first kappa shape index (κ1) is 14.9. The van der Waals surface area contributed by atoms with Crippen LogP contribution in [0.5, 0.6) is 5.75 Å². The number of halogens is 1. The van der Waals surface area contributed by atoms with Gasteiger partial charge in [-0.25, -0.2) is 4.79 Å². The second kappa shape index (κ2) is 7.36. The number of carboxylic acids is 1. The first-order valence-corrected chi connectivity index (χ1v) is 7.77. The van der Waals surface area contributed by atoms with Crippen LogP contribution in [0.15, 0.2) is 57.9 Å². The van der Waals surface area contributed by atoms with E-state index < -0.39 is 5.97 Å². The van der Waals surface area contributed by atoms with Gasteiger partial charge < -0.3 is 9.84 Å². The fourth-order valence-electron chi connectivity index (χ4n) is 1.54. The molecule has 0 atom stereocenters. The lowest BCUT2D eigenvalue weighted by Crippen LogP contribution is -2.01. The zero-order chi connectivity index (χ0) is 14.4. The summed E-state index contributed by atoms with van der Waals surface area (Å²) in [4.78, 5) is 11.9. The number of aromatic carboxylic acids is 1. The summed E-state index contributed by atoms with van der Waals surface area (Å²) in [6, 6.07) is 14.6. The molecule has 3 nitrogen and oxygen atoms in total. The monoisotopic (exact) mass is 352 g/mol. The minimum Gasteiger partial charge on any atom is -0.493 e. The Morgan fingerprint density at radius 3 is 2.35 bits per heavy atom. The molecular formula is C15H13BrO3S. The van der Waals surface area contributed by atoms with Gasteiger partial charge >= 0.3 is 5.97 Å². The van der Waals surface area contributed by atoms with Crippen molar-refractivity contribution in [2.75, 3.05) is 12.4 Å². The fourth-order valence-corrected chi connectivity index (χ4v) is 2.54. The number of carbonyl (C=O) groups is 1. The minimum atomic E-state index is -0.928. The number of ether oxygens (including phenoxy) is 1. The lowest BCUT2D eigenvalue weighted by Gasteiger charge is -2.06. The molecule has 0 aliphatic carbocycles. The topological polar surface area (TPSA) is 46.5 Å². The van der Waals surface area contributed by atoms with Crippen molar-refractivity contribution in [2.45, 2.75) is 4.90 Å². The first-order chi connectivity index (χ1) is 9.65. The highest BCUT2D eigenvalue weighted by Crippen LogP contribution is 2.21. The number of hydrogen-bond acceptors (Lipinski definition) is 3. The van der Waals surface area contributed by atoms with Crippen molar-refractivity contribution in [3.8, 4) is 5.75 Å². The number of benzene rings is 2. The van der Waals surface area contributed by atoms with Gasteiger partial charge in [-0.05, 0) is 48.5 Å². The van der Waals surface area contributed by atoms with Crippen LogP contribution in [0.1, 0.15) is 10.4 Å². The quantitative estimate of drug-likeness (QED) is 0.621. The average Bonchev–Trinajstić information content (AvgIpc) is 2.46. The second-order valence-electron chi connectivity index (χ2n) is 3.98. The van der Waals surface area contributed by atoms with Crippen LogP contribution >= 0.6 is 27.7 Å². The van der Waals surface area contributed by atoms with E-state index >= 15 is 0 Å². The van der Waals surface area contributed by atoms with E-state index in [4.69, 9.17) is 9.84 Å². The van der Waals surface area contributed by atoms with Crippen LogP contribution in [-0.2, 0) is 0 Å². The van der Waals surface area contributed by atoms with Crippen molar-refractivity contribution in [3.05, 3.63) is 58.6 Å². The van der Waals surface area contributed by atoms with Crippen LogP contribution < -0.4 is 4.74 Å². The van der Waals surface area contributed by atoms with Crippen LogP contribution in [-0.4, -0.2) is 23.4 Å². The molecule has 0 fully saturated rings. The molecule has 2 aromatic rings. The summed E-state index contributed by atoms with van der Waals surface area (Å²) in [6.45, 7) is 0.577. The maximum Gasteiger partial charge on any atom is 0.335 e. The number of rotatable bonds is 6. The Kier molecular flexibility index (Phi) is 5.49. The molecule has 0 bridgehead atoms. The Morgan fingerprint density at radius 1 is 1.10 bits per heavy atom. The van der Waals surface area contributed by atoms with Crippen molar-refractivity contribution in [3.63, 3.8) is 0 Å². The summed E-state index contributed by atoms with van der Waals surface area (Å²) in [6.07, 6.45) is 0. The van der Waals surface area contributed by atoms with Gasteiger partial charge in [0.25, 0.3) is 0 Å². The summed E-state index contributed by atoms with van der Waals surface area (Å²) in [5.41, 5.74) is 0.265. The van der Waals surface area contributed by atoms with Crippen LogP contribution in [0.25, 0.3) is 0 Å². The first-order valence-electron chi connectivity index (χ1n) is 6.00. The van der Waals surface area contributed by atoms with E-state index in [2.05, 4.69) is 28.1 Å². The van der Waals surface area contributed by atoms with Gasteiger partial charge in [0.2, 0.25) is 0 Å². The fraction of sp³-hybridized carbons (Fsp3) is 0.133. The molecule has 0 aliphatic rings. The van der Waals surface area contributed by atoms with E-state index in [0.717, 1.165) is 10.2 Å². The SMILES string of the molecule is O=C(O)c1ccc(OCCSc2ccc(Br)cc2)cc1. The lowest BCUT2D eigenvalue weighted by molar-refractivity contribution is 0.0697. The van der Waals surface area contributed by atoms with Gasteiger partial charge in [0.1, 0.15) is 5.75 Å². The molecule has 0 radical (unpaired) electrons. The predicted molar refractivity (Wildman–Crippen MR) is 83.8 cm³/mol. The van der Waals surface area contributed by atoms with Crippen molar-refractivity contribution in [1.29, 1.82) is 0 Å². The Labute approximate surface area is 130 Å². The summed E-state index contributed by atoms with van der Waals surface area (Å²) in [5, 5.41) is 8.79. The molecular weight excluding hydrogens is 340 g/mol. The predicted octanol–water partition coefficient (Wildman–Crippen LogP) is 4.32. The third-order valence-electron chi connectivity index (χ3n) is 2.54. The van der Waals surface area contributed by atoms with E-state index in [1.165, 1.54) is 4.90 Å². The molecule has 0 aliphatic heterocycles. The average molecular weight is 353 g/mol. The minimum absolute atomic E-state index is 0.265. The van der Waals surface area contributed by atoms with E-state index in [-0.39, 0.29) is 5.56 Å². The molecule has 0 unspecified atom stereocenters. The number of thioether (sulfide) groups is 1. The number of carboxylic acid groups (broad SMARTS) is 1. The van der Waals surface area contributed by atoms with Crippen molar-refractivity contribution < 1.29 is 14.6 Å². The molecule has 0 saturated heterocycles. The molecule has 104 valence electrons. The van der Waals surface area contributed by atoms with Gasteiger partial charge in [0, 0.05) is 15.1 Å². The van der Waals surface area contributed by atoms with E-state index in [1.54, 1.807) is 36.0 Å². The Balaban J connectivity index is 1.75. The Morgan fingerprint density at radius 2 is 1.75 bits per heavy atom. The molecule has 2 rings (SSSR count). The van der Waals surface area contributed by atoms with Gasteiger partial charge in [-0.2, -0.15) is 0 Å². The van der Waals surface area contributed by atoms with Crippen LogP contribution in [0, 0.1) is 0 Å². The smallest absolute Gasteiger partial charge is 0.335 e. The van der Waals surface area contributed by atoms with Crippen LogP contribution in [0.2, 0.25) is 0 Å². The largest absolute Gasteiger partial charge is 0.493 e. The molecule has 1 N–H and O–H groups in total. The summed E-state index contributed by atoms with van der Waals surface area (Å²) < 4.78 is 6.63. The van der Waals surface area contributed by atoms with Crippen molar-refractivity contribution in [1.82, 2.24) is 0 Å². The van der Waals surface area contributed by atoms with E-state index in [1.807, 2.05) is 12.1 Å². The van der Waals surface area contributed by atoms with Gasteiger partial charge in [-0.15, -0.1) is 11.8 Å². The summed E-state index contributed by atoms with van der Waals surface area (Å²) in [5.74, 6) is 0.594. The highest BCUT2D eigenvalue weighted by Gasteiger charge is 2.02. The van der Waals surface area contributed by atoms with Gasteiger partial charge in [0.15, 0.2) is 0 Å². The molecule has 0 heterocycles. The highest BCUT2D eigenvalue weighted by atomic mass is 79.9. The lowest BCUT2D eigenvalue weighted by atomic mass is 10.2. The Bertz CT molecular complexity index is 567. The summed E-state index contributed by atoms with van der Waals surface area (Å²) >= 11 is 5.11. The van der Waals surface area contributed by atoms with Gasteiger partial charge in [-0.1, -0.05) is 15.9 Å².